The summed E-state index contributed by atoms with van der Waals surface area (Å²) in [5.74, 6) is 7.00. The van der Waals surface area contributed by atoms with Gasteiger partial charge in [0.15, 0.2) is 0 Å². The molecule has 0 fully saturated rings. The van der Waals surface area contributed by atoms with Gasteiger partial charge in [0, 0.05) is 35.1 Å². The SMILES string of the molecule is CCCCCCCCCCCCCCCCCCCCCCCCCC#CCCCc1ccccc1C1=C(CCCC)C(CCCC)=C(c2cccc(CCCC)c2)[N+]1=[N-].[CH2-]CCCCCCCCCCCCCCC.[CH2-]CCCCCCCCCCCCCCC.[Ni+2]. The second-order valence-electron chi connectivity index (χ2n) is 28.6. The molecule has 0 spiro atoms. The van der Waals surface area contributed by atoms with Crippen LogP contribution in [0.5, 0.6) is 0 Å². The zero-order valence-corrected chi connectivity index (χ0v) is 64.5. The Hall–Kier alpha value is -2.43. The van der Waals surface area contributed by atoms with Crippen molar-refractivity contribution < 1.29 is 21.2 Å². The summed E-state index contributed by atoms with van der Waals surface area (Å²) in [7, 11) is 0. The van der Waals surface area contributed by atoms with Crippen molar-refractivity contribution in [1.82, 2.24) is 0 Å². The van der Waals surface area contributed by atoms with Crippen molar-refractivity contribution in [2.45, 2.75) is 452 Å². The third-order valence-electron chi connectivity index (χ3n) is 19.7. The summed E-state index contributed by atoms with van der Waals surface area (Å²) in [6.45, 7) is 21.4. The van der Waals surface area contributed by atoms with Gasteiger partial charge >= 0.3 is 16.5 Å². The average molecular weight is 1330 g/mol. The summed E-state index contributed by atoms with van der Waals surface area (Å²) in [6, 6.07) is 17.8. The Balaban J connectivity index is 0.00000209. The maximum atomic E-state index is 12.2. The van der Waals surface area contributed by atoms with Gasteiger partial charge in [-0.3, -0.25) is 0 Å². The van der Waals surface area contributed by atoms with Crippen molar-refractivity contribution in [3.63, 3.8) is 0 Å². The molecule has 2 aromatic rings. The maximum absolute atomic E-state index is 12.2. The second kappa shape index (κ2) is 72.3. The standard InChI is InChI=1S/C58H92N2.2C16H33.Ni/c1-5-9-13-14-15-16-17-18-19-20-21-22-23-24-25-26-27-28-29-30-31-32-33-34-35-36-37-38-44-52-45-39-40-49-54(52)58-56(48-12-8-4)55(47-11-7-3)57(60(58)59)53-46-41-43-51(50-53)42-10-6-2;2*1-3-5-7-9-11-13-15-16-14-12-10-8-6-4-2;/h39-41,43,45-46,49-50H,5-34,37-38,42,44,47-48H2,1-4H3;2*1,3-16H2,2H3;/q;2*-1;+2. The number of hydrogen-bond donors (Lipinski definition) is 0. The van der Waals surface area contributed by atoms with Crippen molar-refractivity contribution in [2.24, 2.45) is 0 Å². The van der Waals surface area contributed by atoms with E-state index in [-0.39, 0.29) is 16.5 Å². The van der Waals surface area contributed by atoms with E-state index >= 15 is 0 Å². The van der Waals surface area contributed by atoms with Gasteiger partial charge in [-0.25, -0.2) is 4.70 Å². The number of nitrogens with zero attached hydrogens (tertiary/aromatic N) is 2. The smallest absolute Gasteiger partial charge is 0.493 e. The van der Waals surface area contributed by atoms with Crippen LogP contribution in [0.2, 0.25) is 0 Å². The molecule has 93 heavy (non-hydrogen) atoms. The van der Waals surface area contributed by atoms with Crippen LogP contribution in [0, 0.1) is 25.7 Å². The van der Waals surface area contributed by atoms with Gasteiger partial charge in [-0.05, 0) is 87.1 Å². The third kappa shape index (κ3) is 52.3. The van der Waals surface area contributed by atoms with Crippen molar-refractivity contribution in [1.29, 1.82) is 0 Å². The maximum Gasteiger partial charge on any atom is 2.00 e. The van der Waals surface area contributed by atoms with Gasteiger partial charge in [0.1, 0.15) is 0 Å². The van der Waals surface area contributed by atoms with Crippen molar-refractivity contribution >= 4 is 11.4 Å². The summed E-state index contributed by atoms with van der Waals surface area (Å²) >= 11 is 0. The minimum absolute atomic E-state index is 0. The first kappa shape index (κ1) is 90.6. The molecule has 0 aliphatic carbocycles. The van der Waals surface area contributed by atoms with E-state index in [1.807, 2.05) is 0 Å². The molecule has 3 rings (SSSR count). The fourth-order valence-corrected chi connectivity index (χ4v) is 13.6. The molecule has 0 atom stereocenters. The predicted octanol–water partition coefficient (Wildman–Crippen LogP) is 31.9. The number of allylic oxidation sites excluding steroid dienone is 2. The van der Waals surface area contributed by atoms with Crippen molar-refractivity contribution in [3.8, 4) is 11.8 Å². The van der Waals surface area contributed by atoms with E-state index < -0.39 is 0 Å². The minimum atomic E-state index is 0. The molecular formula is C90H158N2Ni. The molecule has 2 aromatic carbocycles. The van der Waals surface area contributed by atoms with Crippen LogP contribution in [0.1, 0.15) is 462 Å². The molecule has 0 aromatic heterocycles. The van der Waals surface area contributed by atoms with E-state index in [4.69, 9.17) is 0 Å². The first-order valence-electron chi connectivity index (χ1n) is 41.7. The monoisotopic (exact) mass is 1330 g/mol. The first-order chi connectivity index (χ1) is 45.5. The van der Waals surface area contributed by atoms with Crippen LogP contribution < -0.4 is 0 Å². The Morgan fingerprint density at radius 1 is 0.301 bits per heavy atom. The molecule has 0 amide bonds. The van der Waals surface area contributed by atoms with Crippen LogP contribution in [0.25, 0.3) is 16.9 Å². The van der Waals surface area contributed by atoms with Crippen LogP contribution in [0.4, 0.5) is 0 Å². The third-order valence-corrected chi connectivity index (χ3v) is 19.7. The molecule has 0 unspecified atom stereocenters. The van der Waals surface area contributed by atoms with E-state index in [0.717, 1.165) is 100 Å². The Bertz CT molecular complexity index is 1970. The first-order valence-corrected chi connectivity index (χ1v) is 41.7. The summed E-state index contributed by atoms with van der Waals surface area (Å²) in [5, 5.41) is 0. The van der Waals surface area contributed by atoms with Crippen LogP contribution in [0.15, 0.2) is 59.7 Å². The summed E-state index contributed by atoms with van der Waals surface area (Å²) in [4.78, 5) is 0. The topological polar surface area (TPSA) is 25.3 Å². The van der Waals surface area contributed by atoms with Gasteiger partial charge in [-0.2, -0.15) is 12.8 Å². The molecule has 538 valence electrons. The molecule has 0 radical (unpaired) electrons. The molecule has 0 bridgehead atoms. The number of hydrogen-bond acceptors (Lipinski definition) is 0. The molecule has 2 nitrogen and oxygen atoms in total. The number of aryl methyl sites for hydroxylation is 2. The van der Waals surface area contributed by atoms with Gasteiger partial charge in [0.25, 0.3) is 0 Å². The summed E-state index contributed by atoms with van der Waals surface area (Å²) < 4.78 is 1.58. The van der Waals surface area contributed by atoms with Crippen LogP contribution in [-0.4, -0.2) is 4.70 Å². The Kier molecular flexibility index (Phi) is 70.4. The van der Waals surface area contributed by atoms with Gasteiger partial charge in [-0.15, -0.1) is 11.8 Å². The number of benzene rings is 2. The molecule has 1 aliphatic heterocycles. The second-order valence-corrected chi connectivity index (χ2v) is 28.6. The molecule has 1 aliphatic rings. The van der Waals surface area contributed by atoms with E-state index in [0.29, 0.717) is 0 Å². The molecule has 0 saturated heterocycles. The van der Waals surface area contributed by atoms with Crippen LogP contribution in [-0.2, 0) is 29.3 Å². The fraction of sp³-hybridized carbons (Fsp3) is 0.778. The van der Waals surface area contributed by atoms with Gasteiger partial charge in [0.2, 0.25) is 11.4 Å². The average Bonchev–Trinajstić information content (AvgIpc) is 1.61. The van der Waals surface area contributed by atoms with E-state index in [9.17, 15) is 5.53 Å². The zero-order chi connectivity index (χ0) is 66.5. The quantitative estimate of drug-likeness (QED) is 0.0207. The van der Waals surface area contributed by atoms with Crippen molar-refractivity contribution in [3.05, 3.63) is 101 Å². The fourth-order valence-electron chi connectivity index (χ4n) is 13.6. The Labute approximate surface area is 594 Å². The van der Waals surface area contributed by atoms with Gasteiger partial charge < -0.3 is 19.4 Å². The molecule has 0 saturated carbocycles. The molecular weight excluding hydrogens is 1170 g/mol. The molecule has 0 N–H and O–H groups in total. The summed E-state index contributed by atoms with van der Waals surface area (Å²) in [5.41, 5.74) is 21.9. The van der Waals surface area contributed by atoms with Crippen LogP contribution >= 0.6 is 0 Å². The Morgan fingerprint density at radius 2 is 0.602 bits per heavy atom. The van der Waals surface area contributed by atoms with E-state index in [1.54, 1.807) is 4.70 Å². The molecule has 1 heterocycles. The van der Waals surface area contributed by atoms with Gasteiger partial charge in [0.05, 0.1) is 0 Å². The number of unbranched alkanes of at least 4 members (excludes halogenated alkanes) is 53. The predicted molar refractivity (Wildman–Crippen MR) is 417 cm³/mol. The zero-order valence-electron chi connectivity index (χ0n) is 63.5. The number of rotatable bonds is 63. The van der Waals surface area contributed by atoms with Crippen molar-refractivity contribution in [2.75, 3.05) is 0 Å². The van der Waals surface area contributed by atoms with Gasteiger partial charge in [-0.1, -0.05) is 399 Å². The Morgan fingerprint density at radius 3 is 0.957 bits per heavy atom. The summed E-state index contributed by atoms with van der Waals surface area (Å²) in [6.07, 6.45) is 86.6. The normalized spacial score (nSPS) is 12.0. The van der Waals surface area contributed by atoms with E-state index in [2.05, 4.69) is 116 Å². The van der Waals surface area contributed by atoms with E-state index in [1.165, 1.54) is 355 Å². The molecule has 3 heteroatoms. The minimum Gasteiger partial charge on any atom is -0.493 e. The largest absolute Gasteiger partial charge is 2.00 e. The van der Waals surface area contributed by atoms with Crippen LogP contribution in [0.3, 0.4) is 0 Å².